The molecule has 4 aromatic rings. The second-order valence-electron chi connectivity index (χ2n) is 7.22. The predicted molar refractivity (Wildman–Crippen MR) is 124 cm³/mol. The number of amides is 1. The Morgan fingerprint density at radius 2 is 1.91 bits per heavy atom. The molecule has 8 heteroatoms. The molecule has 0 fully saturated rings. The number of aliphatic hydroxyl groups is 1. The first-order chi connectivity index (χ1) is 15.4. The van der Waals surface area contributed by atoms with Crippen LogP contribution in [0, 0.1) is 0 Å². The van der Waals surface area contributed by atoms with Crippen molar-refractivity contribution in [1.29, 1.82) is 0 Å². The summed E-state index contributed by atoms with van der Waals surface area (Å²) < 4.78 is 6.58. The number of benzene rings is 2. The first-order valence-electron chi connectivity index (χ1n) is 9.60. The molecule has 1 atom stereocenters. The molecule has 158 valence electrons. The van der Waals surface area contributed by atoms with Crippen molar-refractivity contribution in [1.82, 2.24) is 4.98 Å². The van der Waals surface area contributed by atoms with Crippen LogP contribution in [0.3, 0.4) is 0 Å². The minimum absolute atomic E-state index is 0.0271. The van der Waals surface area contributed by atoms with Gasteiger partial charge in [-0.25, -0.2) is 0 Å². The van der Waals surface area contributed by atoms with Crippen molar-refractivity contribution in [3.8, 4) is 0 Å². The number of hydrogen-bond donors (Lipinski definition) is 1. The molecule has 2 aromatic carbocycles. The highest BCUT2D eigenvalue weighted by Gasteiger charge is 2.45. The third-order valence-corrected chi connectivity index (χ3v) is 6.01. The lowest BCUT2D eigenvalue weighted by Crippen LogP contribution is -2.31. The molecule has 0 aliphatic carbocycles. The number of rotatable bonds is 4. The van der Waals surface area contributed by atoms with E-state index >= 15 is 0 Å². The van der Waals surface area contributed by atoms with Crippen LogP contribution in [0.1, 0.15) is 22.2 Å². The molecule has 0 bridgehead atoms. The van der Waals surface area contributed by atoms with Gasteiger partial charge < -0.3 is 9.52 Å². The molecule has 1 unspecified atom stereocenters. The summed E-state index contributed by atoms with van der Waals surface area (Å²) >= 11 is 9.40. The summed E-state index contributed by atoms with van der Waals surface area (Å²) in [5.41, 5.74) is 1.50. The summed E-state index contributed by atoms with van der Waals surface area (Å²) in [5, 5.41) is 12.0. The van der Waals surface area contributed by atoms with E-state index < -0.39 is 23.5 Å². The fourth-order valence-electron chi connectivity index (χ4n) is 3.82. The van der Waals surface area contributed by atoms with Gasteiger partial charge in [-0.2, -0.15) is 0 Å². The fourth-order valence-corrected chi connectivity index (χ4v) is 4.32. The van der Waals surface area contributed by atoms with E-state index in [1.165, 1.54) is 4.90 Å². The predicted octanol–water partition coefficient (Wildman–Crippen LogP) is 6.03. The molecule has 2 aromatic heterocycles. The highest BCUT2D eigenvalue weighted by atomic mass is 79.9. The number of pyridine rings is 1. The van der Waals surface area contributed by atoms with Gasteiger partial charge >= 0.3 is 0 Å². The number of carbonyl (C=O) groups excluding carboxylic acids is 2. The van der Waals surface area contributed by atoms with Gasteiger partial charge in [0.05, 0.1) is 11.6 Å². The van der Waals surface area contributed by atoms with Crippen LogP contribution in [-0.2, 0) is 4.79 Å². The molecule has 1 aliphatic rings. The van der Waals surface area contributed by atoms with E-state index in [-0.39, 0.29) is 11.3 Å². The van der Waals surface area contributed by atoms with Gasteiger partial charge in [-0.05, 0) is 60.2 Å². The molecule has 0 saturated carbocycles. The quantitative estimate of drug-likeness (QED) is 0.340. The lowest BCUT2D eigenvalue weighted by atomic mass is 9.96. The number of aromatic nitrogens is 1. The number of furan rings is 1. The number of ketones is 1. The Morgan fingerprint density at radius 1 is 1.12 bits per heavy atom. The average molecular weight is 510 g/mol. The number of nitrogens with zero attached hydrogens (tertiary/aromatic N) is 2. The number of Topliss-reactive ketones (excluding diaryl/α,β-unsaturated/α-hetero) is 1. The third-order valence-electron chi connectivity index (χ3n) is 5.26. The highest BCUT2D eigenvalue weighted by Crippen LogP contribution is 2.42. The molecule has 0 saturated heterocycles. The molecular weight excluding hydrogens is 496 g/mol. The molecule has 5 rings (SSSR count). The molecule has 32 heavy (non-hydrogen) atoms. The van der Waals surface area contributed by atoms with E-state index in [4.69, 9.17) is 16.0 Å². The third kappa shape index (κ3) is 3.39. The maximum atomic E-state index is 13.5. The second kappa shape index (κ2) is 7.93. The lowest BCUT2D eigenvalue weighted by Gasteiger charge is -2.26. The zero-order valence-corrected chi connectivity index (χ0v) is 18.7. The summed E-state index contributed by atoms with van der Waals surface area (Å²) in [6.07, 6.45) is 3.15. The van der Waals surface area contributed by atoms with Gasteiger partial charge in [0.25, 0.3) is 5.91 Å². The Morgan fingerprint density at radius 3 is 2.62 bits per heavy atom. The first-order valence-corrected chi connectivity index (χ1v) is 10.8. The summed E-state index contributed by atoms with van der Waals surface area (Å²) in [6, 6.07) is 16.1. The standard InChI is InChI=1S/C24H14BrClN2O4/c25-15-3-8-18-14(10-15)11-19(32-18)22(29)20-21(13-2-1-9-27-12-13)28(24(31)23(20)30)17-6-4-16(26)5-7-17/h1-12,21,30H. The maximum Gasteiger partial charge on any atom is 0.294 e. The van der Waals surface area contributed by atoms with Crippen molar-refractivity contribution in [2.75, 3.05) is 4.90 Å². The summed E-state index contributed by atoms with van der Waals surface area (Å²) in [6.45, 7) is 0. The Labute approximate surface area is 195 Å². The van der Waals surface area contributed by atoms with E-state index in [9.17, 15) is 14.7 Å². The summed E-state index contributed by atoms with van der Waals surface area (Å²) in [7, 11) is 0. The number of hydrogen-bond acceptors (Lipinski definition) is 5. The molecule has 0 spiro atoms. The highest BCUT2D eigenvalue weighted by molar-refractivity contribution is 9.10. The van der Waals surface area contributed by atoms with Gasteiger partial charge in [-0.1, -0.05) is 33.6 Å². The SMILES string of the molecule is O=C(C1=C(O)C(=O)N(c2ccc(Cl)cc2)C1c1cccnc1)c1cc2cc(Br)ccc2o1. The topological polar surface area (TPSA) is 83.6 Å². The lowest BCUT2D eigenvalue weighted by molar-refractivity contribution is -0.117. The van der Waals surface area contributed by atoms with E-state index in [1.54, 1.807) is 67.0 Å². The second-order valence-corrected chi connectivity index (χ2v) is 8.58. The molecule has 1 aliphatic heterocycles. The van der Waals surface area contributed by atoms with Crippen LogP contribution in [0.15, 0.2) is 93.3 Å². The molecule has 1 amide bonds. The smallest absolute Gasteiger partial charge is 0.294 e. The number of fused-ring (bicyclic) bond motifs is 1. The van der Waals surface area contributed by atoms with E-state index in [1.807, 2.05) is 6.07 Å². The van der Waals surface area contributed by atoms with Crippen molar-refractivity contribution >= 4 is 55.9 Å². The molecule has 1 N–H and O–H groups in total. The van der Waals surface area contributed by atoms with Gasteiger partial charge in [0.15, 0.2) is 11.5 Å². The Balaban J connectivity index is 1.65. The van der Waals surface area contributed by atoms with Gasteiger partial charge in [-0.3, -0.25) is 19.5 Å². The first kappa shape index (κ1) is 20.5. The van der Waals surface area contributed by atoms with Crippen LogP contribution >= 0.6 is 27.5 Å². The van der Waals surface area contributed by atoms with Crippen LogP contribution in [0.25, 0.3) is 11.0 Å². The molecular formula is C24H14BrClN2O4. The van der Waals surface area contributed by atoms with Crippen molar-refractivity contribution in [3.05, 3.63) is 105 Å². The van der Waals surface area contributed by atoms with Gasteiger partial charge in [-0.15, -0.1) is 0 Å². The largest absolute Gasteiger partial charge is 0.503 e. The Kier molecular flexibility index (Phi) is 5.07. The van der Waals surface area contributed by atoms with Crippen LogP contribution in [0.4, 0.5) is 5.69 Å². The number of carbonyl (C=O) groups is 2. The Hall–Kier alpha value is -3.42. The minimum atomic E-state index is -0.884. The Bertz CT molecular complexity index is 1400. The molecule has 0 radical (unpaired) electrons. The van der Waals surface area contributed by atoms with Crippen LogP contribution in [0.5, 0.6) is 0 Å². The minimum Gasteiger partial charge on any atom is -0.503 e. The van der Waals surface area contributed by atoms with E-state index in [0.717, 1.165) is 9.86 Å². The van der Waals surface area contributed by atoms with Crippen LogP contribution < -0.4 is 4.90 Å². The van der Waals surface area contributed by atoms with Crippen molar-refractivity contribution < 1.29 is 19.1 Å². The fraction of sp³-hybridized carbons (Fsp3) is 0.0417. The summed E-state index contributed by atoms with van der Waals surface area (Å²) in [4.78, 5) is 32.1. The number of halogens is 2. The van der Waals surface area contributed by atoms with Crippen molar-refractivity contribution in [2.45, 2.75) is 6.04 Å². The number of aliphatic hydroxyl groups excluding tert-OH is 1. The van der Waals surface area contributed by atoms with Crippen molar-refractivity contribution in [2.24, 2.45) is 0 Å². The van der Waals surface area contributed by atoms with Crippen LogP contribution in [-0.4, -0.2) is 21.8 Å². The molecule has 3 heterocycles. The summed E-state index contributed by atoms with van der Waals surface area (Å²) in [5.74, 6) is -1.86. The van der Waals surface area contributed by atoms with Crippen LogP contribution in [0.2, 0.25) is 5.02 Å². The number of anilines is 1. The monoisotopic (exact) mass is 508 g/mol. The normalized spacial score (nSPS) is 16.2. The van der Waals surface area contributed by atoms with Gasteiger partial charge in [0.2, 0.25) is 5.78 Å². The zero-order valence-electron chi connectivity index (χ0n) is 16.3. The maximum absolute atomic E-state index is 13.5. The van der Waals surface area contributed by atoms with E-state index in [2.05, 4.69) is 20.9 Å². The van der Waals surface area contributed by atoms with Gasteiger partial charge in [0, 0.05) is 33.0 Å². The van der Waals surface area contributed by atoms with Crippen molar-refractivity contribution in [3.63, 3.8) is 0 Å². The average Bonchev–Trinajstić information content (AvgIpc) is 3.33. The zero-order chi connectivity index (χ0) is 22.4. The van der Waals surface area contributed by atoms with E-state index in [0.29, 0.717) is 21.9 Å². The molecule has 6 nitrogen and oxygen atoms in total. The van der Waals surface area contributed by atoms with Gasteiger partial charge in [0.1, 0.15) is 5.58 Å².